The highest BCUT2D eigenvalue weighted by molar-refractivity contribution is 5.79. The first-order chi connectivity index (χ1) is 19.1. The molecule has 0 saturated carbocycles. The Hall–Kier alpha value is -3.56. The van der Waals surface area contributed by atoms with Gasteiger partial charge in [0, 0.05) is 57.6 Å². The number of aromatic nitrogens is 5. The summed E-state index contributed by atoms with van der Waals surface area (Å²) in [5.74, 6) is 1.26. The molecular formula is C30H39N7O2. The lowest BCUT2D eigenvalue weighted by Crippen LogP contribution is -2.45. The molecule has 4 aromatic rings. The van der Waals surface area contributed by atoms with E-state index in [0.29, 0.717) is 30.0 Å². The fourth-order valence-electron chi connectivity index (χ4n) is 5.21. The largest absolute Gasteiger partial charge is 0.493 e. The van der Waals surface area contributed by atoms with Crippen LogP contribution in [0, 0.1) is 0 Å². The standard InChI is InChI=1S/C30H39N7O2/c1-4-19-39-26-11-10-22(21-36-17-15-35(6-3)16-18-36)20-24(26)29-32-27-25(5-2)37(34-28(27)30(38)33-29)14-12-23-9-7-8-13-31-23/h7-11,13,20H,4-6,12,14-19,21H2,1-3H3,(H,32,33,38). The zero-order valence-electron chi connectivity index (χ0n) is 23.3. The predicted molar refractivity (Wildman–Crippen MR) is 154 cm³/mol. The van der Waals surface area contributed by atoms with Gasteiger partial charge in [-0.25, -0.2) is 4.98 Å². The van der Waals surface area contributed by atoms with Crippen molar-refractivity contribution in [2.24, 2.45) is 0 Å². The fraction of sp³-hybridized carbons (Fsp3) is 0.467. The summed E-state index contributed by atoms with van der Waals surface area (Å²) in [7, 11) is 0. The number of aromatic amines is 1. The summed E-state index contributed by atoms with van der Waals surface area (Å²) < 4.78 is 8.01. The van der Waals surface area contributed by atoms with E-state index in [9.17, 15) is 4.79 Å². The quantitative estimate of drug-likeness (QED) is 0.315. The van der Waals surface area contributed by atoms with Crippen molar-refractivity contribution in [3.05, 3.63) is 69.9 Å². The van der Waals surface area contributed by atoms with Crippen LogP contribution in [0.25, 0.3) is 22.4 Å². The summed E-state index contributed by atoms with van der Waals surface area (Å²) in [5, 5.41) is 4.65. The van der Waals surface area contributed by atoms with Crippen molar-refractivity contribution >= 4 is 11.0 Å². The highest BCUT2D eigenvalue weighted by atomic mass is 16.5. The third kappa shape index (κ3) is 6.20. The first-order valence-corrected chi connectivity index (χ1v) is 14.2. The van der Waals surface area contributed by atoms with Gasteiger partial charge < -0.3 is 14.6 Å². The molecule has 4 heterocycles. The van der Waals surface area contributed by atoms with E-state index in [-0.39, 0.29) is 5.56 Å². The summed E-state index contributed by atoms with van der Waals surface area (Å²) in [6, 6.07) is 12.2. The number of fused-ring (bicyclic) bond motifs is 1. The van der Waals surface area contributed by atoms with Crippen molar-refractivity contribution in [1.82, 2.24) is 34.5 Å². The summed E-state index contributed by atoms with van der Waals surface area (Å²) in [5.41, 5.74) is 4.74. The van der Waals surface area contributed by atoms with Gasteiger partial charge >= 0.3 is 0 Å². The highest BCUT2D eigenvalue weighted by Gasteiger charge is 2.20. The molecule has 0 amide bonds. The molecule has 1 aliphatic heterocycles. The van der Waals surface area contributed by atoms with E-state index in [0.717, 1.165) is 81.2 Å². The van der Waals surface area contributed by atoms with Crippen LogP contribution in [0.2, 0.25) is 0 Å². The number of likely N-dealkylation sites (N-methyl/N-ethyl adjacent to an activating group) is 1. The van der Waals surface area contributed by atoms with Crippen LogP contribution in [0.1, 0.15) is 44.1 Å². The molecule has 9 nitrogen and oxygen atoms in total. The van der Waals surface area contributed by atoms with Gasteiger partial charge in [0.25, 0.3) is 5.56 Å². The van der Waals surface area contributed by atoms with E-state index in [2.05, 4.69) is 57.8 Å². The lowest BCUT2D eigenvalue weighted by Gasteiger charge is -2.34. The Morgan fingerprint density at radius 2 is 1.82 bits per heavy atom. The number of ether oxygens (including phenoxy) is 1. The molecule has 0 spiro atoms. The Labute approximate surface area is 229 Å². The van der Waals surface area contributed by atoms with Gasteiger partial charge in [0.2, 0.25) is 0 Å². The second-order valence-corrected chi connectivity index (χ2v) is 10.1. The molecular weight excluding hydrogens is 490 g/mol. The lowest BCUT2D eigenvalue weighted by atomic mass is 10.1. The Morgan fingerprint density at radius 1 is 1.00 bits per heavy atom. The maximum absolute atomic E-state index is 13.3. The number of benzene rings is 1. The molecule has 5 rings (SSSR count). The van der Waals surface area contributed by atoms with Gasteiger partial charge in [0.1, 0.15) is 17.1 Å². The van der Waals surface area contributed by atoms with Crippen molar-refractivity contribution in [3.8, 4) is 17.1 Å². The molecule has 39 heavy (non-hydrogen) atoms. The molecule has 0 atom stereocenters. The van der Waals surface area contributed by atoms with E-state index < -0.39 is 0 Å². The highest BCUT2D eigenvalue weighted by Crippen LogP contribution is 2.30. The van der Waals surface area contributed by atoms with E-state index in [1.54, 1.807) is 6.20 Å². The van der Waals surface area contributed by atoms with Gasteiger partial charge in [0.05, 0.1) is 17.9 Å². The van der Waals surface area contributed by atoms with E-state index >= 15 is 0 Å². The summed E-state index contributed by atoms with van der Waals surface area (Å²) in [6.45, 7) is 13.9. The van der Waals surface area contributed by atoms with Crippen molar-refractivity contribution in [2.75, 3.05) is 39.3 Å². The van der Waals surface area contributed by atoms with E-state index in [1.807, 2.05) is 28.9 Å². The average molecular weight is 530 g/mol. The zero-order chi connectivity index (χ0) is 27.2. The number of nitrogens with zero attached hydrogens (tertiary/aromatic N) is 6. The zero-order valence-corrected chi connectivity index (χ0v) is 23.3. The van der Waals surface area contributed by atoms with E-state index in [4.69, 9.17) is 9.72 Å². The van der Waals surface area contributed by atoms with Crippen LogP contribution in [-0.4, -0.2) is 73.9 Å². The number of pyridine rings is 1. The summed E-state index contributed by atoms with van der Waals surface area (Å²) in [6.07, 6.45) is 4.15. The molecule has 0 bridgehead atoms. The molecule has 1 N–H and O–H groups in total. The number of nitrogens with one attached hydrogen (secondary N) is 1. The number of H-pyrrole nitrogens is 1. The Balaban J connectivity index is 1.48. The molecule has 0 radical (unpaired) electrons. The first kappa shape index (κ1) is 27.0. The normalized spacial score (nSPS) is 14.7. The molecule has 1 aromatic carbocycles. The first-order valence-electron chi connectivity index (χ1n) is 14.2. The molecule has 0 aliphatic carbocycles. The molecule has 9 heteroatoms. The summed E-state index contributed by atoms with van der Waals surface area (Å²) >= 11 is 0. The van der Waals surface area contributed by atoms with Crippen LogP contribution in [0.3, 0.4) is 0 Å². The van der Waals surface area contributed by atoms with Crippen molar-refractivity contribution < 1.29 is 4.74 Å². The van der Waals surface area contributed by atoms with Crippen LogP contribution in [0.5, 0.6) is 5.75 Å². The number of rotatable bonds is 11. The Morgan fingerprint density at radius 3 is 2.54 bits per heavy atom. The lowest BCUT2D eigenvalue weighted by molar-refractivity contribution is 0.132. The minimum Gasteiger partial charge on any atom is -0.493 e. The molecule has 3 aromatic heterocycles. The Kier molecular flexibility index (Phi) is 8.68. The van der Waals surface area contributed by atoms with Gasteiger partial charge in [-0.05, 0) is 49.2 Å². The number of hydrogen-bond acceptors (Lipinski definition) is 7. The molecule has 1 saturated heterocycles. The number of piperazine rings is 1. The SMILES string of the molecule is CCCOc1ccc(CN2CCN(CC)CC2)cc1-c1nc2c(CC)n(CCc3ccccn3)nc2c(=O)[nH]1. The van der Waals surface area contributed by atoms with Gasteiger partial charge in [-0.3, -0.25) is 19.4 Å². The van der Waals surface area contributed by atoms with Crippen molar-refractivity contribution in [2.45, 2.75) is 53.1 Å². The van der Waals surface area contributed by atoms with Crippen LogP contribution in [-0.2, 0) is 25.9 Å². The fourth-order valence-corrected chi connectivity index (χ4v) is 5.21. The summed E-state index contributed by atoms with van der Waals surface area (Å²) in [4.78, 5) is 30.7. The molecule has 0 unspecified atom stereocenters. The van der Waals surface area contributed by atoms with Gasteiger partial charge in [-0.2, -0.15) is 5.10 Å². The smallest absolute Gasteiger partial charge is 0.279 e. The maximum atomic E-state index is 13.3. The third-order valence-electron chi connectivity index (χ3n) is 7.42. The number of hydrogen-bond donors (Lipinski definition) is 1. The minimum atomic E-state index is -0.233. The van der Waals surface area contributed by atoms with Crippen molar-refractivity contribution in [1.29, 1.82) is 0 Å². The predicted octanol–water partition coefficient (Wildman–Crippen LogP) is 3.91. The minimum absolute atomic E-state index is 0.233. The molecule has 206 valence electrons. The van der Waals surface area contributed by atoms with Gasteiger partial charge in [-0.1, -0.05) is 32.9 Å². The monoisotopic (exact) mass is 529 g/mol. The van der Waals surface area contributed by atoms with E-state index in [1.165, 1.54) is 5.56 Å². The van der Waals surface area contributed by atoms with Crippen LogP contribution in [0.15, 0.2) is 47.4 Å². The Bertz CT molecular complexity index is 1440. The van der Waals surface area contributed by atoms with Gasteiger partial charge in [-0.15, -0.1) is 0 Å². The van der Waals surface area contributed by atoms with Crippen LogP contribution >= 0.6 is 0 Å². The second-order valence-electron chi connectivity index (χ2n) is 10.1. The topological polar surface area (TPSA) is 92.2 Å². The maximum Gasteiger partial charge on any atom is 0.279 e. The molecule has 1 fully saturated rings. The van der Waals surface area contributed by atoms with Crippen molar-refractivity contribution in [3.63, 3.8) is 0 Å². The molecule has 1 aliphatic rings. The van der Waals surface area contributed by atoms with Crippen LogP contribution in [0.4, 0.5) is 0 Å². The average Bonchev–Trinajstić information content (AvgIpc) is 3.34. The second kappa shape index (κ2) is 12.5. The van der Waals surface area contributed by atoms with Crippen LogP contribution < -0.4 is 10.3 Å². The number of aryl methyl sites for hydroxylation is 3. The van der Waals surface area contributed by atoms with Gasteiger partial charge in [0.15, 0.2) is 5.52 Å². The third-order valence-corrected chi connectivity index (χ3v) is 7.42.